The number of carbonyl (C=O) groups excluding carboxylic acids is 1. The quantitative estimate of drug-likeness (QED) is 0.498. The molecule has 0 bridgehead atoms. The number of rotatable bonds is 4. The van der Waals surface area contributed by atoms with Crippen LogP contribution in [0.4, 0.5) is 18.9 Å². The van der Waals surface area contributed by atoms with Crippen LogP contribution >= 0.6 is 22.9 Å². The summed E-state index contributed by atoms with van der Waals surface area (Å²) >= 11 is 7.41. The number of thiazole rings is 1. The van der Waals surface area contributed by atoms with Crippen molar-refractivity contribution < 1.29 is 18.0 Å². The van der Waals surface area contributed by atoms with E-state index in [4.69, 9.17) is 16.6 Å². The number of hydrogen-bond donors (Lipinski definition) is 1. The van der Waals surface area contributed by atoms with Gasteiger partial charge in [-0.1, -0.05) is 23.7 Å². The number of alkyl halides is 3. The average molecular weight is 468 g/mol. The molecule has 1 fully saturated rings. The topological polar surface area (TPSA) is 45.2 Å². The standard InChI is InChI=1S/C22H21ClF3N3OS/c1-13(20(30)27-17-7-6-15(23)12-16(17)22(24,25)26)29-10-8-14(9-11-29)21-28-18-4-2-3-5-19(18)31-21/h2-7,12-14H,8-11H2,1H3,(H,27,30)/t13-/m1/s1. The van der Waals surface area contributed by atoms with Crippen molar-refractivity contribution in [2.75, 3.05) is 18.4 Å². The smallest absolute Gasteiger partial charge is 0.324 e. The Morgan fingerprint density at radius 2 is 1.94 bits per heavy atom. The minimum absolute atomic E-state index is 0.0321. The Labute approximate surface area is 187 Å². The predicted octanol–water partition coefficient (Wildman–Crippen LogP) is 6.18. The number of likely N-dealkylation sites (tertiary alicyclic amines) is 1. The lowest BCUT2D eigenvalue weighted by atomic mass is 9.96. The van der Waals surface area contributed by atoms with E-state index in [0.29, 0.717) is 19.0 Å². The summed E-state index contributed by atoms with van der Waals surface area (Å²) in [5.74, 6) is -0.136. The van der Waals surface area contributed by atoms with Crippen molar-refractivity contribution in [1.29, 1.82) is 0 Å². The van der Waals surface area contributed by atoms with E-state index in [9.17, 15) is 18.0 Å². The molecule has 0 spiro atoms. The van der Waals surface area contributed by atoms with Crippen LogP contribution in [0.15, 0.2) is 42.5 Å². The van der Waals surface area contributed by atoms with Crippen molar-refractivity contribution in [3.05, 3.63) is 58.1 Å². The third-order valence-corrected chi connectivity index (χ3v) is 7.10. The van der Waals surface area contributed by atoms with Crippen LogP contribution < -0.4 is 5.32 Å². The van der Waals surface area contributed by atoms with Gasteiger partial charge in [0.25, 0.3) is 0 Å². The first-order valence-electron chi connectivity index (χ1n) is 9.99. The first kappa shape index (κ1) is 22.0. The van der Waals surface area contributed by atoms with Gasteiger partial charge in [0.05, 0.1) is 32.5 Å². The lowest BCUT2D eigenvalue weighted by Crippen LogP contribution is -2.45. The zero-order valence-corrected chi connectivity index (χ0v) is 18.3. The van der Waals surface area contributed by atoms with Crippen LogP contribution in [0.2, 0.25) is 5.02 Å². The molecular formula is C22H21ClF3N3OS. The summed E-state index contributed by atoms with van der Waals surface area (Å²) in [4.78, 5) is 19.4. The summed E-state index contributed by atoms with van der Waals surface area (Å²) < 4.78 is 41.0. The van der Waals surface area contributed by atoms with Gasteiger partial charge in [0.1, 0.15) is 0 Å². The van der Waals surface area contributed by atoms with E-state index in [1.54, 1.807) is 18.3 Å². The molecule has 1 aliphatic rings. The molecule has 4 rings (SSSR count). The largest absolute Gasteiger partial charge is 0.418 e. The zero-order chi connectivity index (χ0) is 22.2. The molecule has 0 radical (unpaired) electrons. The number of hydrogen-bond acceptors (Lipinski definition) is 4. The maximum Gasteiger partial charge on any atom is 0.418 e. The van der Waals surface area contributed by atoms with Gasteiger partial charge >= 0.3 is 6.18 Å². The number of benzene rings is 2. The van der Waals surface area contributed by atoms with Gasteiger partial charge in [-0.3, -0.25) is 9.69 Å². The molecule has 2 aromatic carbocycles. The number of fused-ring (bicyclic) bond motifs is 1. The van der Waals surface area contributed by atoms with Crippen LogP contribution in [0.1, 0.15) is 36.3 Å². The Bertz CT molecular complexity index is 1060. The SMILES string of the molecule is C[C@H](C(=O)Nc1ccc(Cl)cc1C(F)(F)F)N1CCC(c2nc3ccccc3s2)CC1. The number of nitrogens with zero attached hydrogens (tertiary/aromatic N) is 2. The van der Waals surface area contributed by atoms with E-state index in [2.05, 4.69) is 11.4 Å². The first-order valence-corrected chi connectivity index (χ1v) is 11.2. The average Bonchev–Trinajstić information content (AvgIpc) is 3.18. The molecule has 4 nitrogen and oxygen atoms in total. The van der Waals surface area contributed by atoms with Gasteiger partial charge < -0.3 is 5.32 Å². The normalized spacial score (nSPS) is 17.1. The molecule has 1 amide bonds. The maximum atomic E-state index is 13.3. The lowest BCUT2D eigenvalue weighted by Gasteiger charge is -2.34. The fourth-order valence-corrected chi connectivity index (χ4v) is 5.17. The minimum Gasteiger partial charge on any atom is -0.324 e. The Morgan fingerprint density at radius 1 is 1.23 bits per heavy atom. The summed E-state index contributed by atoms with van der Waals surface area (Å²) in [7, 11) is 0. The van der Waals surface area contributed by atoms with Crippen molar-refractivity contribution in [2.24, 2.45) is 0 Å². The van der Waals surface area contributed by atoms with E-state index in [0.717, 1.165) is 34.1 Å². The predicted molar refractivity (Wildman–Crippen MR) is 118 cm³/mol. The number of amides is 1. The molecule has 3 aromatic rings. The van der Waals surface area contributed by atoms with Crippen molar-refractivity contribution in [3.8, 4) is 0 Å². The number of anilines is 1. The summed E-state index contributed by atoms with van der Waals surface area (Å²) in [5.41, 5.74) is -0.227. The number of carbonyl (C=O) groups is 1. The summed E-state index contributed by atoms with van der Waals surface area (Å²) in [5, 5.41) is 3.51. The van der Waals surface area contributed by atoms with Gasteiger partial charge in [0.15, 0.2) is 0 Å². The molecule has 9 heteroatoms. The summed E-state index contributed by atoms with van der Waals surface area (Å²) in [6.45, 7) is 3.08. The molecule has 1 saturated heterocycles. The number of para-hydroxylation sites is 1. The number of halogens is 4. The third kappa shape index (κ3) is 4.86. The third-order valence-electron chi connectivity index (χ3n) is 5.66. The lowest BCUT2D eigenvalue weighted by molar-refractivity contribution is -0.137. The fraction of sp³-hybridized carbons (Fsp3) is 0.364. The molecule has 164 valence electrons. The highest BCUT2D eigenvalue weighted by atomic mass is 35.5. The summed E-state index contributed by atoms with van der Waals surface area (Å²) in [6.07, 6.45) is -2.90. The van der Waals surface area contributed by atoms with Crippen LogP contribution in [-0.4, -0.2) is 34.9 Å². The Kier molecular flexibility index (Phi) is 6.23. The van der Waals surface area contributed by atoms with Crippen LogP contribution in [0.25, 0.3) is 10.2 Å². The Balaban J connectivity index is 1.39. The van der Waals surface area contributed by atoms with Gasteiger partial charge in [-0.25, -0.2) is 4.98 Å². The van der Waals surface area contributed by atoms with Crippen LogP contribution in [0, 0.1) is 0 Å². The minimum atomic E-state index is -4.60. The maximum absolute atomic E-state index is 13.3. The van der Waals surface area contributed by atoms with Gasteiger partial charge in [0, 0.05) is 10.9 Å². The number of piperidine rings is 1. The molecule has 1 aliphatic heterocycles. The van der Waals surface area contributed by atoms with E-state index in [1.165, 1.54) is 12.1 Å². The van der Waals surface area contributed by atoms with Crippen LogP contribution in [-0.2, 0) is 11.0 Å². The highest BCUT2D eigenvalue weighted by molar-refractivity contribution is 7.18. The molecular weight excluding hydrogens is 447 g/mol. The molecule has 1 atom stereocenters. The van der Waals surface area contributed by atoms with Crippen molar-refractivity contribution in [2.45, 2.75) is 37.9 Å². The fourth-order valence-electron chi connectivity index (χ4n) is 3.86. The second kappa shape index (κ2) is 8.76. The van der Waals surface area contributed by atoms with Gasteiger partial charge in [-0.15, -0.1) is 11.3 Å². The van der Waals surface area contributed by atoms with Crippen LogP contribution in [0.5, 0.6) is 0 Å². The van der Waals surface area contributed by atoms with Crippen LogP contribution in [0.3, 0.4) is 0 Å². The molecule has 2 heterocycles. The van der Waals surface area contributed by atoms with Crippen molar-refractivity contribution >= 4 is 44.7 Å². The molecule has 1 aromatic heterocycles. The molecule has 0 saturated carbocycles. The van der Waals surface area contributed by atoms with E-state index in [1.807, 2.05) is 23.1 Å². The highest BCUT2D eigenvalue weighted by Gasteiger charge is 2.35. The van der Waals surface area contributed by atoms with E-state index >= 15 is 0 Å². The highest BCUT2D eigenvalue weighted by Crippen LogP contribution is 2.37. The molecule has 31 heavy (non-hydrogen) atoms. The van der Waals surface area contributed by atoms with Gasteiger partial charge in [-0.2, -0.15) is 13.2 Å². The number of nitrogens with one attached hydrogen (secondary N) is 1. The Hall–Kier alpha value is -2.16. The number of aromatic nitrogens is 1. The monoisotopic (exact) mass is 467 g/mol. The van der Waals surface area contributed by atoms with Crippen molar-refractivity contribution in [3.63, 3.8) is 0 Å². The molecule has 0 unspecified atom stereocenters. The Morgan fingerprint density at radius 3 is 2.61 bits per heavy atom. The molecule has 0 aliphatic carbocycles. The first-order chi connectivity index (χ1) is 14.7. The van der Waals surface area contributed by atoms with Gasteiger partial charge in [0.2, 0.25) is 5.91 Å². The van der Waals surface area contributed by atoms with E-state index in [-0.39, 0.29) is 10.7 Å². The van der Waals surface area contributed by atoms with Gasteiger partial charge in [-0.05, 0) is 63.2 Å². The van der Waals surface area contributed by atoms with Crippen molar-refractivity contribution in [1.82, 2.24) is 9.88 Å². The second-order valence-corrected chi connectivity index (χ2v) is 9.18. The molecule has 1 N–H and O–H groups in total. The summed E-state index contributed by atoms with van der Waals surface area (Å²) in [6, 6.07) is 10.8. The van der Waals surface area contributed by atoms with E-state index < -0.39 is 23.7 Å². The zero-order valence-electron chi connectivity index (χ0n) is 16.7. The second-order valence-electron chi connectivity index (χ2n) is 7.68.